The molecule has 20 heavy (non-hydrogen) atoms. The maximum absolute atomic E-state index is 13.4. The Labute approximate surface area is 116 Å². The molecule has 1 aliphatic heterocycles. The van der Waals surface area contributed by atoms with Gasteiger partial charge in [-0.3, -0.25) is 4.79 Å². The van der Waals surface area contributed by atoms with Gasteiger partial charge in [0.15, 0.2) is 0 Å². The standard InChI is InChI=1S/C12H15FN2O4S/c1-19-11-4-9(13)3-10(5-11)15-6-8(2-12(15)16)7-20(14,17)18/h3-5,8H,2,6-7H2,1H3,(H2,14,17,18). The van der Waals surface area contributed by atoms with Crippen LogP contribution in [0.1, 0.15) is 6.42 Å². The maximum atomic E-state index is 13.4. The van der Waals surface area contributed by atoms with Gasteiger partial charge in [0.1, 0.15) is 11.6 Å². The van der Waals surface area contributed by atoms with E-state index in [1.807, 2.05) is 0 Å². The lowest BCUT2D eigenvalue weighted by atomic mass is 10.1. The summed E-state index contributed by atoms with van der Waals surface area (Å²) < 4.78 is 40.5. The molecule has 110 valence electrons. The second-order valence-corrected chi connectivity index (χ2v) is 6.41. The number of primary sulfonamides is 1. The van der Waals surface area contributed by atoms with E-state index < -0.39 is 15.8 Å². The molecule has 1 fully saturated rings. The van der Waals surface area contributed by atoms with E-state index >= 15 is 0 Å². The predicted molar refractivity (Wildman–Crippen MR) is 71.4 cm³/mol. The number of carbonyl (C=O) groups is 1. The smallest absolute Gasteiger partial charge is 0.227 e. The van der Waals surface area contributed by atoms with Crippen LogP contribution in [0, 0.1) is 11.7 Å². The average Bonchev–Trinajstić information content (AvgIpc) is 2.66. The number of ether oxygens (including phenoxy) is 1. The normalized spacial score (nSPS) is 19.4. The number of hydrogen-bond donors (Lipinski definition) is 1. The molecule has 1 aliphatic rings. The van der Waals surface area contributed by atoms with Crippen LogP contribution in [0.2, 0.25) is 0 Å². The van der Waals surface area contributed by atoms with Gasteiger partial charge in [0, 0.05) is 31.0 Å². The number of nitrogens with zero attached hydrogens (tertiary/aromatic N) is 1. The maximum Gasteiger partial charge on any atom is 0.227 e. The fourth-order valence-corrected chi connectivity index (χ4v) is 3.17. The molecule has 1 unspecified atom stereocenters. The molecule has 2 N–H and O–H groups in total. The van der Waals surface area contributed by atoms with Gasteiger partial charge in [-0.15, -0.1) is 0 Å². The molecule has 0 bridgehead atoms. The summed E-state index contributed by atoms with van der Waals surface area (Å²) in [7, 11) is -2.24. The Kier molecular flexibility index (Phi) is 3.96. The van der Waals surface area contributed by atoms with E-state index in [-0.39, 0.29) is 30.5 Å². The number of methoxy groups -OCH3 is 1. The zero-order valence-electron chi connectivity index (χ0n) is 10.9. The van der Waals surface area contributed by atoms with Crippen LogP contribution in [0.5, 0.6) is 5.75 Å². The molecule has 0 aromatic heterocycles. The van der Waals surface area contributed by atoms with E-state index in [0.717, 1.165) is 0 Å². The third-order valence-corrected chi connectivity index (χ3v) is 4.01. The Morgan fingerprint density at radius 1 is 1.45 bits per heavy atom. The van der Waals surface area contributed by atoms with Gasteiger partial charge >= 0.3 is 0 Å². The quantitative estimate of drug-likeness (QED) is 0.875. The Morgan fingerprint density at radius 3 is 2.75 bits per heavy atom. The number of amides is 1. The second-order valence-electron chi connectivity index (χ2n) is 4.75. The minimum Gasteiger partial charge on any atom is -0.497 e. The molecule has 1 heterocycles. The van der Waals surface area contributed by atoms with Gasteiger partial charge in [0.2, 0.25) is 15.9 Å². The summed E-state index contributed by atoms with van der Waals surface area (Å²) in [4.78, 5) is 13.3. The number of hydrogen-bond acceptors (Lipinski definition) is 4. The third kappa shape index (κ3) is 3.45. The van der Waals surface area contributed by atoms with Crippen molar-refractivity contribution < 1.29 is 22.3 Å². The van der Waals surface area contributed by atoms with Crippen molar-refractivity contribution in [1.29, 1.82) is 0 Å². The van der Waals surface area contributed by atoms with Crippen molar-refractivity contribution in [2.45, 2.75) is 6.42 Å². The van der Waals surface area contributed by atoms with Crippen LogP contribution in [0.15, 0.2) is 18.2 Å². The highest BCUT2D eigenvalue weighted by molar-refractivity contribution is 7.89. The summed E-state index contributed by atoms with van der Waals surface area (Å²) in [6.07, 6.45) is 0.0786. The number of sulfonamides is 1. The third-order valence-electron chi connectivity index (χ3n) is 3.08. The van der Waals surface area contributed by atoms with E-state index in [9.17, 15) is 17.6 Å². The Bertz CT molecular complexity index is 632. The highest BCUT2D eigenvalue weighted by Gasteiger charge is 2.33. The number of nitrogens with two attached hydrogens (primary N) is 1. The van der Waals surface area contributed by atoms with Gasteiger partial charge in [0.25, 0.3) is 0 Å². The summed E-state index contributed by atoms with van der Waals surface area (Å²) in [6, 6.07) is 3.94. The first-order valence-electron chi connectivity index (χ1n) is 5.94. The minimum atomic E-state index is -3.64. The number of benzene rings is 1. The van der Waals surface area contributed by atoms with Crippen LogP contribution in [0.4, 0.5) is 10.1 Å². The van der Waals surface area contributed by atoms with Gasteiger partial charge < -0.3 is 9.64 Å². The topological polar surface area (TPSA) is 89.7 Å². The Balaban J connectivity index is 2.21. The SMILES string of the molecule is COc1cc(F)cc(N2CC(CS(N)(=O)=O)CC2=O)c1. The van der Waals surface area contributed by atoms with Crippen molar-refractivity contribution in [2.24, 2.45) is 11.1 Å². The lowest BCUT2D eigenvalue weighted by Gasteiger charge is -2.17. The molecule has 0 aliphatic carbocycles. The lowest BCUT2D eigenvalue weighted by Crippen LogP contribution is -2.27. The van der Waals surface area contributed by atoms with Crippen molar-refractivity contribution in [3.63, 3.8) is 0 Å². The molecule has 0 saturated carbocycles. The fraction of sp³-hybridized carbons (Fsp3) is 0.417. The van der Waals surface area contributed by atoms with Crippen molar-refractivity contribution in [3.8, 4) is 5.75 Å². The van der Waals surface area contributed by atoms with Gasteiger partial charge in [0.05, 0.1) is 18.6 Å². The number of halogens is 1. The van der Waals surface area contributed by atoms with E-state index in [1.165, 1.54) is 30.2 Å². The van der Waals surface area contributed by atoms with Gasteiger partial charge in [-0.05, 0) is 6.07 Å². The molecule has 6 nitrogen and oxygen atoms in total. The number of rotatable bonds is 4. The molecule has 2 rings (SSSR count). The molecule has 8 heteroatoms. The first-order chi connectivity index (χ1) is 9.28. The summed E-state index contributed by atoms with van der Waals surface area (Å²) in [5.74, 6) is -1.13. The monoisotopic (exact) mass is 302 g/mol. The summed E-state index contributed by atoms with van der Waals surface area (Å²) in [5, 5.41) is 4.98. The highest BCUT2D eigenvalue weighted by atomic mass is 32.2. The number of anilines is 1. The summed E-state index contributed by atoms with van der Waals surface area (Å²) >= 11 is 0. The van der Waals surface area contributed by atoms with Crippen LogP contribution >= 0.6 is 0 Å². The van der Waals surface area contributed by atoms with Crippen LogP contribution in [-0.2, 0) is 14.8 Å². The zero-order chi connectivity index (χ0) is 14.9. The Hall–Kier alpha value is -1.67. The number of carbonyl (C=O) groups excluding carboxylic acids is 1. The molecular weight excluding hydrogens is 287 g/mol. The lowest BCUT2D eigenvalue weighted by molar-refractivity contribution is -0.117. The van der Waals surface area contributed by atoms with Crippen LogP contribution in [-0.4, -0.2) is 33.7 Å². The molecule has 1 atom stereocenters. The Morgan fingerprint density at radius 2 is 2.15 bits per heavy atom. The molecular formula is C12H15FN2O4S. The van der Waals surface area contributed by atoms with Crippen molar-refractivity contribution in [2.75, 3.05) is 24.3 Å². The molecule has 1 amide bonds. The minimum absolute atomic E-state index is 0.0786. The van der Waals surface area contributed by atoms with Crippen LogP contribution in [0.3, 0.4) is 0 Å². The first-order valence-corrected chi connectivity index (χ1v) is 7.65. The van der Waals surface area contributed by atoms with Gasteiger partial charge in [-0.25, -0.2) is 17.9 Å². The first kappa shape index (κ1) is 14.7. The zero-order valence-corrected chi connectivity index (χ0v) is 11.7. The van der Waals surface area contributed by atoms with Crippen molar-refractivity contribution >= 4 is 21.6 Å². The summed E-state index contributed by atoms with van der Waals surface area (Å²) in [5.41, 5.74) is 0.351. The highest BCUT2D eigenvalue weighted by Crippen LogP contribution is 2.29. The molecule has 0 spiro atoms. The fourth-order valence-electron chi connectivity index (χ4n) is 2.29. The van der Waals surface area contributed by atoms with Crippen molar-refractivity contribution in [1.82, 2.24) is 0 Å². The molecule has 1 saturated heterocycles. The average molecular weight is 302 g/mol. The van der Waals surface area contributed by atoms with E-state index in [2.05, 4.69) is 0 Å². The predicted octanol–water partition coefficient (Wildman–Crippen LogP) is 0.476. The molecule has 0 radical (unpaired) electrons. The van der Waals surface area contributed by atoms with Crippen LogP contribution < -0.4 is 14.8 Å². The largest absolute Gasteiger partial charge is 0.497 e. The van der Waals surface area contributed by atoms with E-state index in [4.69, 9.17) is 9.88 Å². The van der Waals surface area contributed by atoms with Crippen molar-refractivity contribution in [3.05, 3.63) is 24.0 Å². The molecule has 1 aromatic rings. The van der Waals surface area contributed by atoms with E-state index in [0.29, 0.717) is 11.4 Å². The summed E-state index contributed by atoms with van der Waals surface area (Å²) in [6.45, 7) is 0.196. The second kappa shape index (κ2) is 5.37. The van der Waals surface area contributed by atoms with Crippen LogP contribution in [0.25, 0.3) is 0 Å². The molecule has 1 aromatic carbocycles. The van der Waals surface area contributed by atoms with Gasteiger partial charge in [-0.1, -0.05) is 0 Å². The van der Waals surface area contributed by atoms with Gasteiger partial charge in [-0.2, -0.15) is 0 Å². The van der Waals surface area contributed by atoms with E-state index in [1.54, 1.807) is 0 Å².